The molecule has 1 aliphatic carbocycles. The molecular formula is C10H16O2. The molecule has 2 fully saturated rings. The van der Waals surface area contributed by atoms with Crippen molar-refractivity contribution in [3.8, 4) is 0 Å². The zero-order valence-corrected chi connectivity index (χ0v) is 7.55. The number of aliphatic hydroxyl groups is 1. The summed E-state index contributed by atoms with van der Waals surface area (Å²) in [6.45, 7) is 6.24. The van der Waals surface area contributed by atoms with Crippen LogP contribution in [-0.2, 0) is 4.74 Å². The third-order valence-corrected chi connectivity index (χ3v) is 3.29. The molecule has 1 N–H and O–H groups in total. The van der Waals surface area contributed by atoms with Gasteiger partial charge in [0, 0.05) is 0 Å². The SMILES string of the molecule is C=C(C)[C@H]1CCC2(CO)OC2C1. The third kappa shape index (κ3) is 1.10. The number of rotatable bonds is 2. The quantitative estimate of drug-likeness (QED) is 0.500. The van der Waals surface area contributed by atoms with E-state index in [1.165, 1.54) is 5.57 Å². The Bertz CT molecular complexity index is 212. The van der Waals surface area contributed by atoms with Crippen molar-refractivity contribution in [2.24, 2.45) is 5.92 Å². The first-order valence-electron chi connectivity index (χ1n) is 4.62. The Hall–Kier alpha value is -0.340. The summed E-state index contributed by atoms with van der Waals surface area (Å²) in [4.78, 5) is 0. The van der Waals surface area contributed by atoms with Crippen LogP contribution >= 0.6 is 0 Å². The molecule has 1 saturated heterocycles. The van der Waals surface area contributed by atoms with Crippen molar-refractivity contribution in [2.75, 3.05) is 6.61 Å². The van der Waals surface area contributed by atoms with Gasteiger partial charge in [0.25, 0.3) is 0 Å². The molecule has 68 valence electrons. The van der Waals surface area contributed by atoms with Crippen molar-refractivity contribution < 1.29 is 9.84 Å². The highest BCUT2D eigenvalue weighted by atomic mass is 16.6. The maximum atomic E-state index is 9.07. The average Bonchev–Trinajstić information content (AvgIpc) is 2.77. The van der Waals surface area contributed by atoms with Gasteiger partial charge in [0.15, 0.2) is 0 Å². The van der Waals surface area contributed by atoms with Gasteiger partial charge in [-0.1, -0.05) is 12.2 Å². The van der Waals surface area contributed by atoms with E-state index in [1.54, 1.807) is 0 Å². The third-order valence-electron chi connectivity index (χ3n) is 3.29. The van der Waals surface area contributed by atoms with Gasteiger partial charge in [-0.3, -0.25) is 0 Å². The molecule has 0 aromatic heterocycles. The lowest BCUT2D eigenvalue weighted by atomic mass is 9.79. The van der Waals surface area contributed by atoms with Crippen molar-refractivity contribution in [1.82, 2.24) is 0 Å². The van der Waals surface area contributed by atoms with Crippen molar-refractivity contribution in [1.29, 1.82) is 0 Å². The maximum Gasteiger partial charge on any atom is 0.118 e. The van der Waals surface area contributed by atoms with E-state index < -0.39 is 0 Å². The number of allylic oxidation sites excluding steroid dienone is 1. The second-order valence-corrected chi connectivity index (χ2v) is 4.15. The van der Waals surface area contributed by atoms with Gasteiger partial charge in [0.2, 0.25) is 0 Å². The van der Waals surface area contributed by atoms with E-state index in [2.05, 4.69) is 13.5 Å². The summed E-state index contributed by atoms with van der Waals surface area (Å²) in [5.74, 6) is 0.622. The molecule has 0 radical (unpaired) electrons. The van der Waals surface area contributed by atoms with Crippen molar-refractivity contribution >= 4 is 0 Å². The number of epoxide rings is 1. The van der Waals surface area contributed by atoms with Crippen LogP contribution in [0.2, 0.25) is 0 Å². The highest BCUT2D eigenvalue weighted by Gasteiger charge is 2.58. The van der Waals surface area contributed by atoms with E-state index >= 15 is 0 Å². The van der Waals surface area contributed by atoms with Gasteiger partial charge in [-0.25, -0.2) is 0 Å². The minimum Gasteiger partial charge on any atom is -0.393 e. The molecule has 0 amide bonds. The molecule has 1 saturated carbocycles. The summed E-state index contributed by atoms with van der Waals surface area (Å²) >= 11 is 0. The summed E-state index contributed by atoms with van der Waals surface area (Å²) in [5, 5.41) is 9.07. The Labute approximate surface area is 73.2 Å². The minimum absolute atomic E-state index is 0.133. The second-order valence-electron chi connectivity index (χ2n) is 4.15. The monoisotopic (exact) mass is 168 g/mol. The number of hydrogen-bond acceptors (Lipinski definition) is 2. The molecule has 1 aliphatic heterocycles. The zero-order valence-electron chi connectivity index (χ0n) is 7.55. The molecule has 0 aromatic carbocycles. The number of aliphatic hydroxyl groups excluding tert-OH is 1. The van der Waals surface area contributed by atoms with Gasteiger partial charge in [-0.15, -0.1) is 0 Å². The lowest BCUT2D eigenvalue weighted by Gasteiger charge is -2.23. The molecule has 2 unspecified atom stereocenters. The molecule has 1 heterocycles. The number of hydrogen-bond donors (Lipinski definition) is 1. The van der Waals surface area contributed by atoms with Crippen LogP contribution in [0, 0.1) is 5.92 Å². The van der Waals surface area contributed by atoms with E-state index in [9.17, 15) is 0 Å². The number of fused-ring (bicyclic) bond motifs is 1. The van der Waals surface area contributed by atoms with Crippen LogP contribution in [0.5, 0.6) is 0 Å². The maximum absolute atomic E-state index is 9.07. The molecule has 3 atom stereocenters. The van der Waals surface area contributed by atoms with Gasteiger partial charge in [-0.05, 0) is 32.1 Å². The fraction of sp³-hybridized carbons (Fsp3) is 0.800. The van der Waals surface area contributed by atoms with Crippen molar-refractivity contribution in [3.05, 3.63) is 12.2 Å². The predicted octanol–water partition coefficient (Wildman–Crippen LogP) is 1.49. The summed E-state index contributed by atoms with van der Waals surface area (Å²) in [6, 6.07) is 0. The molecule has 2 heteroatoms. The molecule has 12 heavy (non-hydrogen) atoms. The highest BCUT2D eigenvalue weighted by molar-refractivity contribution is 5.11. The minimum atomic E-state index is -0.133. The standard InChI is InChI=1S/C10H16O2/c1-7(2)8-3-4-10(6-11)9(5-8)12-10/h8-9,11H,1,3-6H2,2H3/t8-,9?,10?/m0/s1. The summed E-state index contributed by atoms with van der Waals surface area (Å²) in [5.41, 5.74) is 1.13. The molecule has 0 aromatic rings. The van der Waals surface area contributed by atoms with E-state index in [0.717, 1.165) is 19.3 Å². The van der Waals surface area contributed by atoms with Crippen LogP contribution in [-0.4, -0.2) is 23.4 Å². The fourth-order valence-electron chi connectivity index (χ4n) is 2.19. The zero-order chi connectivity index (χ0) is 8.77. The van der Waals surface area contributed by atoms with Crippen LogP contribution in [0.1, 0.15) is 26.2 Å². The van der Waals surface area contributed by atoms with Gasteiger partial charge < -0.3 is 9.84 Å². The van der Waals surface area contributed by atoms with Gasteiger partial charge in [0.05, 0.1) is 12.7 Å². The first-order valence-corrected chi connectivity index (χ1v) is 4.62. The second kappa shape index (κ2) is 2.57. The van der Waals surface area contributed by atoms with E-state index in [4.69, 9.17) is 9.84 Å². The van der Waals surface area contributed by atoms with Crippen LogP contribution < -0.4 is 0 Å². The predicted molar refractivity (Wildman–Crippen MR) is 46.8 cm³/mol. The summed E-state index contributed by atoms with van der Waals surface area (Å²) < 4.78 is 5.50. The Morgan fingerprint density at radius 2 is 2.50 bits per heavy atom. The lowest BCUT2D eigenvalue weighted by Crippen LogP contribution is -2.27. The van der Waals surface area contributed by atoms with Gasteiger partial charge >= 0.3 is 0 Å². The number of ether oxygens (including phenoxy) is 1. The Kier molecular flexibility index (Phi) is 1.77. The largest absolute Gasteiger partial charge is 0.393 e. The van der Waals surface area contributed by atoms with Crippen LogP contribution in [0.3, 0.4) is 0 Å². The van der Waals surface area contributed by atoms with E-state index in [0.29, 0.717) is 12.0 Å². The van der Waals surface area contributed by atoms with Crippen molar-refractivity contribution in [3.63, 3.8) is 0 Å². The molecular weight excluding hydrogens is 152 g/mol. The van der Waals surface area contributed by atoms with Crippen LogP contribution in [0.25, 0.3) is 0 Å². The Balaban J connectivity index is 1.96. The van der Waals surface area contributed by atoms with E-state index in [1.807, 2.05) is 0 Å². The van der Waals surface area contributed by atoms with Crippen LogP contribution in [0.4, 0.5) is 0 Å². The molecule has 2 rings (SSSR count). The van der Waals surface area contributed by atoms with E-state index in [-0.39, 0.29) is 12.2 Å². The first kappa shape index (κ1) is 8.27. The topological polar surface area (TPSA) is 32.8 Å². The molecule has 0 bridgehead atoms. The normalized spacial score (nSPS) is 45.2. The summed E-state index contributed by atoms with van der Waals surface area (Å²) in [6.07, 6.45) is 3.52. The highest BCUT2D eigenvalue weighted by Crippen LogP contribution is 2.50. The Morgan fingerprint density at radius 3 is 3.00 bits per heavy atom. The van der Waals surface area contributed by atoms with Gasteiger partial charge in [-0.2, -0.15) is 0 Å². The molecule has 2 aliphatic rings. The Morgan fingerprint density at radius 1 is 1.75 bits per heavy atom. The summed E-state index contributed by atoms with van der Waals surface area (Å²) in [7, 11) is 0. The van der Waals surface area contributed by atoms with Crippen LogP contribution in [0.15, 0.2) is 12.2 Å². The van der Waals surface area contributed by atoms with Gasteiger partial charge in [0.1, 0.15) is 5.60 Å². The van der Waals surface area contributed by atoms with Crippen molar-refractivity contribution in [2.45, 2.75) is 37.9 Å². The lowest BCUT2D eigenvalue weighted by molar-refractivity contribution is 0.160. The fourth-order valence-corrected chi connectivity index (χ4v) is 2.19. The smallest absolute Gasteiger partial charge is 0.118 e. The first-order chi connectivity index (χ1) is 5.68. The molecule has 0 spiro atoms. The molecule has 2 nitrogen and oxygen atoms in total. The average molecular weight is 168 g/mol.